The molecule has 0 spiro atoms. The molecule has 0 saturated carbocycles. The van der Waals surface area contributed by atoms with Gasteiger partial charge in [-0.1, -0.05) is 0 Å². The van der Waals surface area contributed by atoms with Crippen molar-refractivity contribution in [3.63, 3.8) is 0 Å². The quantitative estimate of drug-likeness (QED) is 0.241. The van der Waals surface area contributed by atoms with Gasteiger partial charge in [-0.3, -0.25) is 0 Å². The van der Waals surface area contributed by atoms with Crippen LogP contribution in [0.4, 0.5) is 0 Å². The van der Waals surface area contributed by atoms with Crippen molar-refractivity contribution < 1.29 is 4.94 Å². The molecular formula is C2N2OSi. The highest BCUT2D eigenvalue weighted by Crippen LogP contribution is 1.66. The fraction of sp³-hybridized carbons (Fsp3) is 0. The molecule has 0 aliphatic rings. The first-order valence-electron chi connectivity index (χ1n) is 0.812. The van der Waals surface area contributed by atoms with Gasteiger partial charge in [0.25, 0.3) is 0 Å². The summed E-state index contributed by atoms with van der Waals surface area (Å²) in [4.78, 5) is 3.42. The average molecular weight is 96.1 g/mol. The van der Waals surface area contributed by atoms with Crippen LogP contribution in [0.3, 0.4) is 0 Å². The van der Waals surface area contributed by atoms with Gasteiger partial charge in [-0.25, -0.2) is 0 Å². The Morgan fingerprint density at radius 2 is 1.50 bits per heavy atom. The third-order valence-corrected chi connectivity index (χ3v) is 0.0816. The highest BCUT2D eigenvalue weighted by atomic mass is 28.1. The van der Waals surface area contributed by atoms with Crippen LogP contribution in [0.1, 0.15) is 0 Å². The van der Waals surface area contributed by atoms with Crippen molar-refractivity contribution in [3.8, 4) is 0 Å². The van der Waals surface area contributed by atoms with Crippen LogP contribution in [-0.2, 0) is 4.94 Å². The molecule has 0 saturated heterocycles. The lowest BCUT2D eigenvalue weighted by Crippen LogP contribution is -1.42. The van der Waals surface area contributed by atoms with E-state index in [1.807, 2.05) is 0 Å². The number of nitrogens with zero attached hydrogens (tertiary/aromatic N) is 2. The molecule has 0 bridgehead atoms. The molecule has 0 atom stereocenters. The average Bonchev–Trinajstić information content (AvgIpc) is 1.41. The van der Waals surface area contributed by atoms with Crippen molar-refractivity contribution in [1.82, 2.24) is 0 Å². The number of rotatable bonds is 0. The molecule has 0 unspecified atom stereocenters. The van der Waals surface area contributed by atoms with Gasteiger partial charge >= 0.3 is 0 Å². The summed E-state index contributed by atoms with van der Waals surface area (Å²) in [5.74, 6) is 0. The van der Waals surface area contributed by atoms with Crippen molar-refractivity contribution in [3.05, 3.63) is 23.2 Å². The highest BCUT2D eigenvalue weighted by molar-refractivity contribution is 5.75. The molecule has 0 aromatic rings. The monoisotopic (exact) mass is 96.0 g/mol. The van der Waals surface area contributed by atoms with Crippen molar-refractivity contribution >= 4 is 11.0 Å². The van der Waals surface area contributed by atoms with Crippen LogP contribution in [0.25, 0.3) is 10.0 Å². The van der Waals surface area contributed by atoms with Gasteiger partial charge in [-0.05, 0) is 0 Å². The zero-order valence-electron chi connectivity index (χ0n) is 2.80. The van der Waals surface area contributed by atoms with Crippen molar-refractivity contribution in [1.29, 1.82) is 0 Å². The minimum Gasteiger partial charge on any atom is -0.143 e. The Morgan fingerprint density at radius 1 is 1.17 bits per heavy atom. The van der Waals surface area contributed by atoms with E-state index < -0.39 is 0 Å². The second-order valence-corrected chi connectivity index (χ2v) is 0.264. The van der Waals surface area contributed by atoms with Crippen molar-refractivity contribution in [2.75, 3.05) is 0 Å². The summed E-state index contributed by atoms with van der Waals surface area (Å²) >= 11 is 0. The van der Waals surface area contributed by atoms with Crippen LogP contribution in [0.5, 0.6) is 0 Å². The fourth-order valence-electron chi connectivity index (χ4n) is 0.0204. The van der Waals surface area contributed by atoms with Crippen LogP contribution in [-0.4, -0.2) is 11.0 Å². The highest BCUT2D eigenvalue weighted by Gasteiger charge is 1.63. The summed E-state index contributed by atoms with van der Waals surface area (Å²) in [6, 6.07) is 0. The van der Waals surface area contributed by atoms with Crippen LogP contribution < -0.4 is 0 Å². The predicted octanol–water partition coefficient (Wildman–Crippen LogP) is 0.291. The lowest BCUT2D eigenvalue weighted by Gasteiger charge is -1.44. The maximum absolute atomic E-state index is 5.79. The summed E-state index contributed by atoms with van der Waals surface area (Å²) in [7, 11) is 0. The zero-order valence-corrected chi connectivity index (χ0v) is 3.80. The Morgan fingerprint density at radius 3 is 1.50 bits per heavy atom. The molecule has 4 radical (unpaired) electrons. The molecule has 28 valence electrons. The lowest BCUT2D eigenvalue weighted by atomic mass is 11.8. The maximum Gasteiger partial charge on any atom is 0.193 e. The first-order valence-corrected chi connectivity index (χ1v) is 0.812. The summed E-state index contributed by atoms with van der Waals surface area (Å²) in [5, 5.41) is 4.50. The Hall–Kier alpha value is -1.00. The fourth-order valence-corrected chi connectivity index (χ4v) is 0.0204. The van der Waals surface area contributed by atoms with Crippen molar-refractivity contribution in [2.24, 2.45) is 0 Å². The zero-order chi connectivity index (χ0) is 4.12. The van der Waals surface area contributed by atoms with E-state index in [0.717, 1.165) is 0 Å². The van der Waals surface area contributed by atoms with Crippen molar-refractivity contribution in [2.45, 2.75) is 0 Å². The molecule has 3 nitrogen and oxygen atoms in total. The van der Waals surface area contributed by atoms with Gasteiger partial charge in [-0.15, -0.1) is 13.1 Å². The molecule has 0 N–H and O–H groups in total. The first kappa shape index (κ1) is 8.89. The second-order valence-electron chi connectivity index (χ2n) is 0.264. The smallest absolute Gasteiger partial charge is 0.143 e. The minimum absolute atomic E-state index is 0. The SMILES string of the molecule is [C-]#[N+]O[N+]#[C-].[Si]. The van der Waals surface area contributed by atoms with Crippen LogP contribution in [0.15, 0.2) is 0 Å². The van der Waals surface area contributed by atoms with Crippen LogP contribution >= 0.6 is 0 Å². The van der Waals surface area contributed by atoms with Gasteiger partial charge in [0.1, 0.15) is 0 Å². The van der Waals surface area contributed by atoms with Gasteiger partial charge in [-0.2, -0.15) is 0 Å². The molecule has 0 aliphatic heterocycles. The Bertz CT molecular complexity index is 76.7. The summed E-state index contributed by atoms with van der Waals surface area (Å²) in [5.41, 5.74) is 0. The van der Waals surface area contributed by atoms with E-state index in [-0.39, 0.29) is 11.0 Å². The van der Waals surface area contributed by atoms with Crippen LogP contribution in [0.2, 0.25) is 0 Å². The molecule has 0 amide bonds. The van der Waals surface area contributed by atoms with Gasteiger partial charge in [0, 0.05) is 21.0 Å². The van der Waals surface area contributed by atoms with E-state index in [2.05, 4.69) is 15.0 Å². The van der Waals surface area contributed by atoms with Gasteiger partial charge in [0.2, 0.25) is 0 Å². The molecule has 0 fully saturated rings. The summed E-state index contributed by atoms with van der Waals surface area (Å²) in [6.07, 6.45) is 0. The minimum atomic E-state index is 0. The number of hydrogen-bond donors (Lipinski definition) is 0. The molecule has 0 aromatic carbocycles. The molecule has 0 heterocycles. The van der Waals surface area contributed by atoms with E-state index in [1.165, 1.54) is 0 Å². The van der Waals surface area contributed by atoms with Gasteiger partial charge < -0.3 is 0 Å². The topological polar surface area (TPSA) is 17.9 Å². The second kappa shape index (κ2) is 9.00. The third-order valence-electron chi connectivity index (χ3n) is 0.0816. The standard InChI is InChI=1S/C2N2O.Si/c1-3-5-4-2;. The molecule has 4 heteroatoms. The molecule has 0 aromatic heterocycles. The van der Waals surface area contributed by atoms with E-state index in [9.17, 15) is 0 Å². The molecule has 0 rings (SSSR count). The summed E-state index contributed by atoms with van der Waals surface area (Å²) in [6.45, 7) is 11.6. The molecule has 6 heavy (non-hydrogen) atoms. The normalized spacial score (nSPS) is 3.00. The molecular weight excluding hydrogens is 96.1 g/mol. The van der Waals surface area contributed by atoms with E-state index in [0.29, 0.717) is 0 Å². The Labute approximate surface area is 40.1 Å². The Balaban J connectivity index is 0. The van der Waals surface area contributed by atoms with Gasteiger partial charge in [0.15, 0.2) is 4.94 Å². The largest absolute Gasteiger partial charge is 0.193 e. The van der Waals surface area contributed by atoms with Gasteiger partial charge in [0.05, 0.1) is 0 Å². The van der Waals surface area contributed by atoms with E-state index >= 15 is 0 Å². The Kier molecular flexibility index (Phi) is 13.3. The van der Waals surface area contributed by atoms with E-state index in [1.54, 1.807) is 0 Å². The lowest BCUT2D eigenvalue weighted by molar-refractivity contribution is 0.385. The number of hydrogen-bond acceptors (Lipinski definition) is 1. The first-order chi connectivity index (χ1) is 2.41. The van der Waals surface area contributed by atoms with E-state index in [4.69, 9.17) is 13.1 Å². The maximum atomic E-state index is 5.79. The van der Waals surface area contributed by atoms with Crippen LogP contribution in [0, 0.1) is 13.1 Å². The third kappa shape index (κ3) is 12.0. The summed E-state index contributed by atoms with van der Waals surface area (Å²) < 4.78 is 0. The predicted molar refractivity (Wildman–Crippen MR) is 20.0 cm³/mol. The molecule has 0 aliphatic carbocycles.